The lowest BCUT2D eigenvalue weighted by atomic mass is 10.1. The first-order valence-corrected chi connectivity index (χ1v) is 11.3. The minimum absolute atomic E-state index is 0.0132. The number of urea groups is 1. The molecule has 0 bridgehead atoms. The van der Waals surface area contributed by atoms with Gasteiger partial charge in [-0.2, -0.15) is 0 Å². The van der Waals surface area contributed by atoms with Gasteiger partial charge in [-0.3, -0.25) is 9.69 Å². The van der Waals surface area contributed by atoms with Crippen LogP contribution in [0.5, 0.6) is 0 Å². The molecule has 0 radical (unpaired) electrons. The van der Waals surface area contributed by atoms with E-state index in [4.69, 9.17) is 4.42 Å². The maximum atomic E-state index is 12.6. The number of piperazine rings is 1. The number of nitrogens with one attached hydrogen (secondary N) is 1. The monoisotopic (exact) mass is 429 g/mol. The van der Waals surface area contributed by atoms with Gasteiger partial charge in [0.25, 0.3) is 5.91 Å². The average Bonchev–Trinajstić information content (AvgIpc) is 3.16. The molecule has 0 saturated carbocycles. The Kier molecular flexibility index (Phi) is 7.90. The first-order valence-electron chi connectivity index (χ1n) is 11.3. The number of benzene rings is 1. The Morgan fingerprint density at radius 1 is 1.16 bits per heavy atom. The molecular formula is C23H35N5O3. The summed E-state index contributed by atoms with van der Waals surface area (Å²) in [6.07, 6.45) is 0.992. The van der Waals surface area contributed by atoms with Crippen LogP contribution in [0.3, 0.4) is 0 Å². The number of carbonyl (C=O) groups is 2. The molecule has 1 saturated heterocycles. The summed E-state index contributed by atoms with van der Waals surface area (Å²) in [5.41, 5.74) is 2.03. The smallest absolute Gasteiger partial charge is 0.317 e. The van der Waals surface area contributed by atoms with Crippen molar-refractivity contribution in [2.24, 2.45) is 5.92 Å². The van der Waals surface area contributed by atoms with Crippen molar-refractivity contribution in [3.63, 3.8) is 0 Å². The molecule has 8 heteroatoms. The van der Waals surface area contributed by atoms with E-state index in [2.05, 4.69) is 29.0 Å². The van der Waals surface area contributed by atoms with E-state index in [0.717, 1.165) is 26.1 Å². The Morgan fingerprint density at radius 3 is 2.52 bits per heavy atom. The Morgan fingerprint density at radius 2 is 1.87 bits per heavy atom. The molecule has 0 unspecified atom stereocenters. The van der Waals surface area contributed by atoms with Crippen molar-refractivity contribution in [2.45, 2.75) is 40.7 Å². The highest BCUT2D eigenvalue weighted by Gasteiger charge is 2.22. The molecule has 3 amide bonds. The maximum absolute atomic E-state index is 12.6. The van der Waals surface area contributed by atoms with Crippen LogP contribution in [0.1, 0.15) is 50.4 Å². The fourth-order valence-electron chi connectivity index (χ4n) is 3.75. The fourth-order valence-corrected chi connectivity index (χ4v) is 3.75. The van der Waals surface area contributed by atoms with Gasteiger partial charge < -0.3 is 19.5 Å². The fraction of sp³-hybridized carbons (Fsp3) is 0.609. The number of hydrogen-bond donors (Lipinski definition) is 1. The van der Waals surface area contributed by atoms with Gasteiger partial charge in [0.15, 0.2) is 5.58 Å². The zero-order chi connectivity index (χ0) is 22.4. The van der Waals surface area contributed by atoms with Gasteiger partial charge in [0.2, 0.25) is 5.89 Å². The third-order valence-electron chi connectivity index (χ3n) is 5.75. The molecule has 0 spiro atoms. The lowest BCUT2D eigenvalue weighted by Gasteiger charge is -2.34. The number of nitrogens with zero attached hydrogens (tertiary/aromatic N) is 4. The van der Waals surface area contributed by atoms with Crippen molar-refractivity contribution in [1.82, 2.24) is 25.0 Å². The molecule has 31 heavy (non-hydrogen) atoms. The molecular weight excluding hydrogens is 394 g/mol. The van der Waals surface area contributed by atoms with E-state index in [-0.39, 0.29) is 11.9 Å². The summed E-state index contributed by atoms with van der Waals surface area (Å²) in [6, 6.07) is 5.45. The molecule has 1 fully saturated rings. The van der Waals surface area contributed by atoms with Gasteiger partial charge in [0, 0.05) is 51.4 Å². The van der Waals surface area contributed by atoms with Crippen LogP contribution in [-0.4, -0.2) is 77.4 Å². The molecule has 2 aromatic rings. The second-order valence-electron chi connectivity index (χ2n) is 8.45. The van der Waals surface area contributed by atoms with Crippen LogP contribution in [0.25, 0.3) is 11.1 Å². The van der Waals surface area contributed by atoms with Gasteiger partial charge >= 0.3 is 6.03 Å². The van der Waals surface area contributed by atoms with Crippen LogP contribution in [0.15, 0.2) is 22.6 Å². The van der Waals surface area contributed by atoms with E-state index < -0.39 is 0 Å². The molecule has 1 aromatic carbocycles. The van der Waals surface area contributed by atoms with E-state index in [0.29, 0.717) is 61.2 Å². The molecule has 3 rings (SSSR count). The van der Waals surface area contributed by atoms with Crippen molar-refractivity contribution in [1.29, 1.82) is 0 Å². The topological polar surface area (TPSA) is 81.9 Å². The lowest BCUT2D eigenvalue weighted by Crippen LogP contribution is -2.51. The summed E-state index contributed by atoms with van der Waals surface area (Å²) in [4.78, 5) is 35.4. The molecule has 1 aromatic heterocycles. The summed E-state index contributed by atoms with van der Waals surface area (Å²) in [5, 5.41) is 3.00. The predicted molar refractivity (Wildman–Crippen MR) is 121 cm³/mol. The van der Waals surface area contributed by atoms with Crippen LogP contribution >= 0.6 is 0 Å². The van der Waals surface area contributed by atoms with E-state index in [1.165, 1.54) is 0 Å². The van der Waals surface area contributed by atoms with Crippen molar-refractivity contribution in [3.05, 3.63) is 29.7 Å². The Balaban J connectivity index is 1.54. The first-order chi connectivity index (χ1) is 14.9. The normalized spacial score (nSPS) is 14.9. The Hall–Kier alpha value is -2.61. The van der Waals surface area contributed by atoms with Crippen LogP contribution < -0.4 is 5.32 Å². The van der Waals surface area contributed by atoms with Crippen molar-refractivity contribution >= 4 is 23.0 Å². The van der Waals surface area contributed by atoms with Gasteiger partial charge in [-0.25, -0.2) is 9.78 Å². The number of hydrogen-bond acceptors (Lipinski definition) is 5. The van der Waals surface area contributed by atoms with E-state index >= 15 is 0 Å². The Labute approximate surface area is 184 Å². The molecule has 1 aliphatic rings. The van der Waals surface area contributed by atoms with Crippen molar-refractivity contribution in [3.8, 4) is 0 Å². The van der Waals surface area contributed by atoms with E-state index in [9.17, 15) is 9.59 Å². The zero-order valence-corrected chi connectivity index (χ0v) is 19.2. The number of fused-ring (bicyclic) bond motifs is 1. The third-order valence-corrected chi connectivity index (χ3v) is 5.75. The second-order valence-corrected chi connectivity index (χ2v) is 8.45. The zero-order valence-electron chi connectivity index (χ0n) is 19.2. The molecule has 0 aliphatic carbocycles. The minimum atomic E-state index is 0.0132. The Bertz CT molecular complexity index is 882. The lowest BCUT2D eigenvalue weighted by molar-refractivity contribution is 0.0773. The molecule has 0 atom stereocenters. The highest BCUT2D eigenvalue weighted by molar-refractivity contribution is 5.97. The number of rotatable bonds is 8. The van der Waals surface area contributed by atoms with E-state index in [1.54, 1.807) is 11.0 Å². The predicted octanol–water partition coefficient (Wildman–Crippen LogP) is 3.18. The summed E-state index contributed by atoms with van der Waals surface area (Å²) in [7, 11) is 0. The van der Waals surface area contributed by atoms with Gasteiger partial charge in [-0.15, -0.1) is 0 Å². The SMILES string of the molecule is CCN(CC)C(=O)c1ccc2oc(CN3CCN(C(=O)NCCC(C)C)CC3)nc2c1. The molecule has 2 heterocycles. The van der Waals surface area contributed by atoms with Crippen LogP contribution in [0.2, 0.25) is 0 Å². The summed E-state index contributed by atoms with van der Waals surface area (Å²) in [5.74, 6) is 1.23. The molecule has 1 N–H and O–H groups in total. The van der Waals surface area contributed by atoms with Gasteiger partial charge in [-0.1, -0.05) is 13.8 Å². The summed E-state index contributed by atoms with van der Waals surface area (Å²) in [6.45, 7) is 13.9. The number of aromatic nitrogens is 1. The molecule has 1 aliphatic heterocycles. The van der Waals surface area contributed by atoms with Crippen molar-refractivity contribution in [2.75, 3.05) is 45.8 Å². The van der Waals surface area contributed by atoms with Crippen LogP contribution in [0, 0.1) is 5.92 Å². The molecule has 8 nitrogen and oxygen atoms in total. The average molecular weight is 430 g/mol. The second kappa shape index (κ2) is 10.6. The summed E-state index contributed by atoms with van der Waals surface area (Å²) < 4.78 is 5.90. The van der Waals surface area contributed by atoms with Crippen LogP contribution in [-0.2, 0) is 6.54 Å². The minimum Gasteiger partial charge on any atom is -0.439 e. The largest absolute Gasteiger partial charge is 0.439 e. The van der Waals surface area contributed by atoms with Gasteiger partial charge in [0.05, 0.1) is 6.54 Å². The molecule has 170 valence electrons. The first kappa shape index (κ1) is 23.1. The number of amides is 3. The highest BCUT2D eigenvalue weighted by Crippen LogP contribution is 2.20. The third kappa shape index (κ3) is 5.97. The van der Waals surface area contributed by atoms with Gasteiger partial charge in [-0.05, 0) is 44.4 Å². The number of carbonyl (C=O) groups excluding carboxylic acids is 2. The van der Waals surface area contributed by atoms with Gasteiger partial charge in [0.1, 0.15) is 5.52 Å². The summed E-state index contributed by atoms with van der Waals surface area (Å²) >= 11 is 0. The quantitative estimate of drug-likeness (QED) is 0.697. The standard InChI is InChI=1S/C23H35N5O3/c1-5-27(6-2)22(29)18-7-8-20-19(15-18)25-21(31-20)16-26-11-13-28(14-12-26)23(30)24-10-9-17(3)4/h7-8,15,17H,5-6,9-14,16H2,1-4H3,(H,24,30). The maximum Gasteiger partial charge on any atom is 0.317 e. The van der Waals surface area contributed by atoms with Crippen LogP contribution in [0.4, 0.5) is 4.79 Å². The van der Waals surface area contributed by atoms with Crippen molar-refractivity contribution < 1.29 is 14.0 Å². The van der Waals surface area contributed by atoms with E-state index in [1.807, 2.05) is 30.9 Å². The number of oxazole rings is 1. The highest BCUT2D eigenvalue weighted by atomic mass is 16.3.